The molecule has 2 atom stereocenters. The lowest BCUT2D eigenvalue weighted by molar-refractivity contribution is 0.458. The van der Waals surface area contributed by atoms with Gasteiger partial charge in [-0.15, -0.1) is 0 Å². The maximum atomic E-state index is 4.54. The molecule has 0 saturated heterocycles. The number of rotatable bonds is 6. The van der Waals surface area contributed by atoms with Crippen molar-refractivity contribution in [3.8, 4) is 0 Å². The molecule has 0 amide bonds. The molecule has 2 nitrogen and oxygen atoms in total. The normalized spacial score (nSPS) is 13.9. The third-order valence-corrected chi connectivity index (χ3v) is 5.30. The average molecular weight is 394 g/mol. The molecule has 2 rings (SSSR count). The third-order valence-electron chi connectivity index (χ3n) is 3.83. The van der Waals surface area contributed by atoms with Crippen LogP contribution in [0.3, 0.4) is 0 Å². The lowest BCUT2D eigenvalue weighted by Gasteiger charge is -2.27. The van der Waals surface area contributed by atoms with Crippen LogP contribution in [0, 0.1) is 10.5 Å². The Bertz CT molecular complexity index is 569. The van der Waals surface area contributed by atoms with Crippen LogP contribution in [0.15, 0.2) is 42.6 Å². The molecule has 0 aliphatic heterocycles. The summed E-state index contributed by atoms with van der Waals surface area (Å²) < 4.78 is 1.35. The first-order valence-corrected chi connectivity index (χ1v) is 8.62. The highest BCUT2D eigenvalue weighted by Crippen LogP contribution is 2.33. The summed E-state index contributed by atoms with van der Waals surface area (Å²) in [4.78, 5) is 4.54. The molecule has 0 spiro atoms. The van der Waals surface area contributed by atoms with Crippen LogP contribution in [-0.4, -0.2) is 11.5 Å². The van der Waals surface area contributed by atoms with Gasteiger partial charge in [0.15, 0.2) is 0 Å². The molecule has 2 unspecified atom stereocenters. The van der Waals surface area contributed by atoms with Gasteiger partial charge in [0.2, 0.25) is 0 Å². The van der Waals surface area contributed by atoms with Gasteiger partial charge in [0, 0.05) is 27.4 Å². The second kappa shape index (κ2) is 7.90. The van der Waals surface area contributed by atoms with Gasteiger partial charge < -0.3 is 5.32 Å². The number of halogens is 1. The Labute approximate surface area is 141 Å². The minimum absolute atomic E-state index is 0.298. The molecule has 3 heteroatoms. The maximum absolute atomic E-state index is 4.54. The smallest absolute Gasteiger partial charge is 0.0450 e. The van der Waals surface area contributed by atoms with Crippen molar-refractivity contribution in [1.82, 2.24) is 10.3 Å². The van der Waals surface area contributed by atoms with Crippen LogP contribution in [0.25, 0.3) is 0 Å². The first-order valence-electron chi connectivity index (χ1n) is 7.54. The highest BCUT2D eigenvalue weighted by Gasteiger charge is 2.23. The zero-order valence-electron chi connectivity index (χ0n) is 12.9. The van der Waals surface area contributed by atoms with Crippen molar-refractivity contribution in [3.05, 3.63) is 63.0 Å². The third kappa shape index (κ3) is 4.04. The van der Waals surface area contributed by atoms with E-state index in [9.17, 15) is 0 Å². The highest BCUT2D eigenvalue weighted by atomic mass is 127. The molecular weight excluding hydrogens is 371 g/mol. The van der Waals surface area contributed by atoms with Crippen molar-refractivity contribution in [1.29, 1.82) is 0 Å². The van der Waals surface area contributed by atoms with Gasteiger partial charge in [0.25, 0.3) is 0 Å². The first-order chi connectivity index (χ1) is 10.1. The van der Waals surface area contributed by atoms with E-state index in [1.807, 2.05) is 12.3 Å². The highest BCUT2D eigenvalue weighted by molar-refractivity contribution is 14.1. The molecule has 112 valence electrons. The van der Waals surface area contributed by atoms with Crippen LogP contribution >= 0.6 is 22.6 Å². The van der Waals surface area contributed by atoms with Gasteiger partial charge >= 0.3 is 0 Å². The summed E-state index contributed by atoms with van der Waals surface area (Å²) in [5.41, 5.74) is 3.86. The molecular formula is C18H23IN2. The standard InChI is InChI=1S/C18H23IN2/c1-4-11-21-18(14(3)16-10-5-6-12-20-16)15-9-7-8-13(2)17(15)19/h5-10,12,14,18,21H,4,11H2,1-3H3. The number of pyridine rings is 1. The molecule has 21 heavy (non-hydrogen) atoms. The fourth-order valence-electron chi connectivity index (χ4n) is 2.58. The first kappa shape index (κ1) is 16.4. The van der Waals surface area contributed by atoms with Crippen molar-refractivity contribution in [2.75, 3.05) is 6.54 Å². The van der Waals surface area contributed by atoms with Crippen molar-refractivity contribution in [2.45, 2.75) is 39.2 Å². The van der Waals surface area contributed by atoms with E-state index in [1.165, 1.54) is 14.7 Å². The Morgan fingerprint density at radius 3 is 2.67 bits per heavy atom. The molecule has 1 N–H and O–H groups in total. The van der Waals surface area contributed by atoms with Gasteiger partial charge in [-0.05, 0) is 65.7 Å². The second-order valence-electron chi connectivity index (χ2n) is 5.45. The lowest BCUT2D eigenvalue weighted by atomic mass is 9.90. The summed E-state index contributed by atoms with van der Waals surface area (Å²) in [5.74, 6) is 0.341. The van der Waals surface area contributed by atoms with E-state index >= 15 is 0 Å². The van der Waals surface area contributed by atoms with E-state index < -0.39 is 0 Å². The van der Waals surface area contributed by atoms with E-state index in [2.05, 4.69) is 84.0 Å². The van der Waals surface area contributed by atoms with E-state index in [0.29, 0.717) is 12.0 Å². The van der Waals surface area contributed by atoms with Gasteiger partial charge in [0.1, 0.15) is 0 Å². The summed E-state index contributed by atoms with van der Waals surface area (Å²) in [6.07, 6.45) is 3.01. The Kier molecular flexibility index (Phi) is 6.18. The number of aromatic nitrogens is 1. The van der Waals surface area contributed by atoms with Crippen LogP contribution < -0.4 is 5.32 Å². The molecule has 0 fully saturated rings. The summed E-state index contributed by atoms with van der Waals surface area (Å²) >= 11 is 2.46. The zero-order valence-corrected chi connectivity index (χ0v) is 15.1. The molecule has 0 radical (unpaired) electrons. The number of benzene rings is 1. The zero-order chi connectivity index (χ0) is 15.2. The van der Waals surface area contributed by atoms with Crippen LogP contribution in [0.2, 0.25) is 0 Å². The van der Waals surface area contributed by atoms with Gasteiger partial charge in [0.05, 0.1) is 0 Å². The molecule has 1 aromatic carbocycles. The Balaban J connectivity index is 2.36. The molecule has 0 aliphatic carbocycles. The van der Waals surface area contributed by atoms with Crippen molar-refractivity contribution < 1.29 is 0 Å². The SMILES string of the molecule is CCCNC(c1cccc(C)c1I)C(C)c1ccccn1. The monoisotopic (exact) mass is 394 g/mol. The van der Waals surface area contributed by atoms with Crippen molar-refractivity contribution in [3.63, 3.8) is 0 Å². The molecule has 0 saturated carbocycles. The van der Waals surface area contributed by atoms with Crippen LogP contribution in [-0.2, 0) is 0 Å². The van der Waals surface area contributed by atoms with E-state index in [4.69, 9.17) is 0 Å². The fourth-order valence-corrected chi connectivity index (χ4v) is 3.28. The van der Waals surface area contributed by atoms with Crippen LogP contribution in [0.1, 0.15) is 49.0 Å². The van der Waals surface area contributed by atoms with Crippen LogP contribution in [0.4, 0.5) is 0 Å². The lowest BCUT2D eigenvalue weighted by Crippen LogP contribution is -2.28. The summed E-state index contributed by atoms with van der Waals surface area (Å²) in [6, 6.07) is 13.0. The van der Waals surface area contributed by atoms with Crippen molar-refractivity contribution >= 4 is 22.6 Å². The van der Waals surface area contributed by atoms with E-state index in [-0.39, 0.29) is 0 Å². The molecule has 2 aromatic rings. The minimum atomic E-state index is 0.298. The van der Waals surface area contributed by atoms with Crippen LogP contribution in [0.5, 0.6) is 0 Å². The fraction of sp³-hybridized carbons (Fsp3) is 0.389. The summed E-state index contributed by atoms with van der Waals surface area (Å²) in [7, 11) is 0. The molecule has 1 heterocycles. The van der Waals surface area contributed by atoms with Gasteiger partial charge in [-0.3, -0.25) is 4.98 Å². The van der Waals surface area contributed by atoms with Gasteiger partial charge in [-0.25, -0.2) is 0 Å². The average Bonchev–Trinajstić information content (AvgIpc) is 2.52. The Morgan fingerprint density at radius 2 is 2.00 bits per heavy atom. The number of nitrogens with zero attached hydrogens (tertiary/aromatic N) is 1. The summed E-state index contributed by atoms with van der Waals surface area (Å²) in [5, 5.41) is 3.71. The number of hydrogen-bond donors (Lipinski definition) is 1. The van der Waals surface area contributed by atoms with E-state index in [1.54, 1.807) is 0 Å². The minimum Gasteiger partial charge on any atom is -0.309 e. The second-order valence-corrected chi connectivity index (χ2v) is 6.53. The van der Waals surface area contributed by atoms with Crippen molar-refractivity contribution in [2.24, 2.45) is 0 Å². The largest absolute Gasteiger partial charge is 0.309 e. The quantitative estimate of drug-likeness (QED) is 0.710. The molecule has 0 aliphatic rings. The maximum Gasteiger partial charge on any atom is 0.0450 e. The number of aryl methyl sites for hydroxylation is 1. The summed E-state index contributed by atoms with van der Waals surface area (Å²) in [6.45, 7) is 7.66. The Hall–Kier alpha value is -0.940. The Morgan fingerprint density at radius 1 is 1.19 bits per heavy atom. The predicted octanol–water partition coefficient (Wildman–Crippen LogP) is 4.84. The molecule has 1 aromatic heterocycles. The van der Waals surface area contributed by atoms with Gasteiger partial charge in [-0.1, -0.05) is 38.1 Å². The molecule has 0 bridgehead atoms. The van der Waals surface area contributed by atoms with Gasteiger partial charge in [-0.2, -0.15) is 0 Å². The predicted molar refractivity (Wildman–Crippen MR) is 97.6 cm³/mol. The number of hydrogen-bond acceptors (Lipinski definition) is 2. The number of nitrogens with one attached hydrogen (secondary N) is 1. The van der Waals surface area contributed by atoms with E-state index in [0.717, 1.165) is 18.7 Å². The topological polar surface area (TPSA) is 24.9 Å².